The van der Waals surface area contributed by atoms with Crippen LogP contribution in [0.25, 0.3) is 4.91 Å². The summed E-state index contributed by atoms with van der Waals surface area (Å²) in [6.45, 7) is 6.33. The van der Waals surface area contributed by atoms with Crippen LogP contribution in [0.15, 0.2) is 89.5 Å². The molecule has 0 unspecified atom stereocenters. The van der Waals surface area contributed by atoms with Gasteiger partial charge in [-0.05, 0) is 29.5 Å². The van der Waals surface area contributed by atoms with Crippen molar-refractivity contribution in [2.75, 3.05) is 13.6 Å². The first-order chi connectivity index (χ1) is 16.5. The van der Waals surface area contributed by atoms with Crippen molar-refractivity contribution in [1.82, 2.24) is 10.2 Å². The molecule has 0 spiro atoms. The molecule has 6 nitrogen and oxygen atoms in total. The monoisotopic (exact) mass is 475 g/mol. The second-order valence-electron chi connectivity index (χ2n) is 7.30. The molecule has 0 aliphatic rings. The van der Waals surface area contributed by atoms with E-state index in [1.54, 1.807) is 24.1 Å². The summed E-state index contributed by atoms with van der Waals surface area (Å²) in [5.41, 5.74) is 2.10. The van der Waals surface area contributed by atoms with E-state index in [-0.39, 0.29) is 12.2 Å². The van der Waals surface area contributed by atoms with Gasteiger partial charge in [-0.3, -0.25) is 9.59 Å². The van der Waals surface area contributed by atoms with Crippen molar-refractivity contribution < 1.29 is 14.4 Å². The summed E-state index contributed by atoms with van der Waals surface area (Å²) < 4.78 is 0. The normalized spacial score (nSPS) is 11.8. The maximum atomic E-state index is 12.6. The Morgan fingerprint density at radius 1 is 1.06 bits per heavy atom. The van der Waals surface area contributed by atoms with Crippen LogP contribution in [0.1, 0.15) is 41.3 Å². The number of nitrogens with zero attached hydrogens (tertiary/aromatic N) is 2. The fourth-order valence-electron chi connectivity index (χ4n) is 2.85. The summed E-state index contributed by atoms with van der Waals surface area (Å²) in [6.07, 6.45) is 6.80. The van der Waals surface area contributed by atoms with Gasteiger partial charge in [0.2, 0.25) is 0 Å². The van der Waals surface area contributed by atoms with Crippen LogP contribution in [-0.4, -0.2) is 42.8 Å². The first kappa shape index (κ1) is 26.5. The number of amidine groups is 1. The molecule has 0 saturated heterocycles. The summed E-state index contributed by atoms with van der Waals surface area (Å²) in [5, 5.41) is 4.60. The standard InChI is InChI=1S/C27H29N3O3S/c1-4-5-9-18-34-21(2)22-12-14-24(15-13-22)27(33)29-25(20-32)19-28-26(30(3)16-17-31)23-10-7-6-8-11-23/h6-15,17-20H,2,4-5,16H2,1,3H3,(H,29,33)/b18-9-,25-19+,28-26?. The molecular weight excluding hydrogens is 446 g/mol. The van der Waals surface area contributed by atoms with Crippen molar-refractivity contribution in [3.63, 3.8) is 0 Å². The third kappa shape index (κ3) is 8.33. The van der Waals surface area contributed by atoms with Gasteiger partial charge in [0.1, 0.15) is 12.1 Å². The number of aliphatic imine (C=N–C) groups is 1. The highest BCUT2D eigenvalue weighted by molar-refractivity contribution is 8.10. The van der Waals surface area contributed by atoms with Gasteiger partial charge in [-0.1, -0.05) is 80.2 Å². The lowest BCUT2D eigenvalue weighted by Gasteiger charge is -2.18. The molecule has 0 fully saturated rings. The summed E-state index contributed by atoms with van der Waals surface area (Å²) in [7, 11) is 1.72. The van der Waals surface area contributed by atoms with Crippen molar-refractivity contribution in [2.24, 2.45) is 4.99 Å². The molecule has 0 heterocycles. The lowest BCUT2D eigenvalue weighted by Crippen LogP contribution is -2.29. The van der Waals surface area contributed by atoms with E-state index in [9.17, 15) is 14.4 Å². The number of nitrogens with one attached hydrogen (secondary N) is 1. The topological polar surface area (TPSA) is 78.8 Å². The molecule has 0 saturated carbocycles. The van der Waals surface area contributed by atoms with Crippen LogP contribution in [-0.2, 0) is 9.59 Å². The van der Waals surface area contributed by atoms with Crippen molar-refractivity contribution in [2.45, 2.75) is 19.8 Å². The zero-order valence-electron chi connectivity index (χ0n) is 19.4. The van der Waals surface area contributed by atoms with Crippen LogP contribution in [0.5, 0.6) is 0 Å². The molecule has 2 aromatic rings. The van der Waals surface area contributed by atoms with Gasteiger partial charge in [-0.25, -0.2) is 4.99 Å². The van der Waals surface area contributed by atoms with Crippen molar-refractivity contribution in [3.8, 4) is 0 Å². The Morgan fingerprint density at radius 2 is 1.74 bits per heavy atom. The van der Waals surface area contributed by atoms with E-state index in [0.717, 1.165) is 35.2 Å². The van der Waals surface area contributed by atoms with Crippen LogP contribution in [0.4, 0.5) is 0 Å². The Kier molecular flexibility index (Phi) is 11.3. The van der Waals surface area contributed by atoms with Crippen LogP contribution in [0.2, 0.25) is 0 Å². The largest absolute Gasteiger partial charge is 0.352 e. The summed E-state index contributed by atoms with van der Waals surface area (Å²) in [4.78, 5) is 42.1. The molecular formula is C27H29N3O3S. The number of benzene rings is 2. The van der Waals surface area contributed by atoms with Crippen LogP contribution in [0, 0.1) is 0 Å². The van der Waals surface area contributed by atoms with E-state index in [1.807, 2.05) is 47.9 Å². The molecule has 0 radical (unpaired) electrons. The molecule has 7 heteroatoms. The Bertz CT molecular complexity index is 1070. The number of aldehydes is 2. The Balaban J connectivity index is 2.14. The molecule has 34 heavy (non-hydrogen) atoms. The highest BCUT2D eigenvalue weighted by Gasteiger charge is 2.11. The number of carbonyl (C=O) groups is 3. The Hall–Kier alpha value is -3.71. The SMILES string of the molecule is C=C(S/C=C\CCC)c1ccc(C(=O)N/C(C=O)=C/N=C(c2ccccc2)N(C)CC=O)cc1. The van der Waals surface area contributed by atoms with Gasteiger partial charge in [0.25, 0.3) is 5.91 Å². The summed E-state index contributed by atoms with van der Waals surface area (Å²) >= 11 is 1.54. The number of unbranched alkanes of at least 4 members (excludes halogenated alkanes) is 1. The number of allylic oxidation sites excluding steroid dienone is 2. The maximum absolute atomic E-state index is 12.6. The predicted octanol–water partition coefficient (Wildman–Crippen LogP) is 5.05. The van der Waals surface area contributed by atoms with Gasteiger partial charge in [0.15, 0.2) is 6.29 Å². The van der Waals surface area contributed by atoms with Crippen molar-refractivity contribution >= 4 is 41.0 Å². The first-order valence-corrected chi connectivity index (χ1v) is 11.7. The van der Waals surface area contributed by atoms with Gasteiger partial charge >= 0.3 is 0 Å². The second kappa shape index (κ2) is 14.4. The van der Waals surface area contributed by atoms with Crippen LogP contribution >= 0.6 is 11.8 Å². The zero-order chi connectivity index (χ0) is 24.8. The number of thioether (sulfide) groups is 1. The third-order valence-electron chi connectivity index (χ3n) is 4.68. The van der Waals surface area contributed by atoms with Gasteiger partial charge in [0, 0.05) is 23.1 Å². The molecule has 1 N–H and O–H groups in total. The molecule has 2 aromatic carbocycles. The smallest absolute Gasteiger partial charge is 0.255 e. The number of amides is 1. The minimum absolute atomic E-state index is 0.00281. The van der Waals surface area contributed by atoms with E-state index in [0.29, 0.717) is 17.7 Å². The molecule has 0 aromatic heterocycles. The zero-order valence-corrected chi connectivity index (χ0v) is 20.3. The number of hydrogen-bond acceptors (Lipinski definition) is 5. The average Bonchev–Trinajstić information content (AvgIpc) is 2.86. The lowest BCUT2D eigenvalue weighted by atomic mass is 10.1. The van der Waals surface area contributed by atoms with Gasteiger partial charge in [-0.2, -0.15) is 0 Å². The highest BCUT2D eigenvalue weighted by atomic mass is 32.2. The first-order valence-electron chi connectivity index (χ1n) is 10.9. The lowest BCUT2D eigenvalue weighted by molar-refractivity contribution is -0.108. The van der Waals surface area contributed by atoms with E-state index in [1.165, 1.54) is 18.0 Å². The molecule has 176 valence electrons. The van der Waals surface area contributed by atoms with E-state index in [4.69, 9.17) is 0 Å². The van der Waals surface area contributed by atoms with Gasteiger partial charge in [-0.15, -0.1) is 0 Å². The molecule has 1 amide bonds. The number of rotatable bonds is 12. The summed E-state index contributed by atoms with van der Waals surface area (Å²) in [6, 6.07) is 16.3. The number of hydrogen-bond donors (Lipinski definition) is 1. The van der Waals surface area contributed by atoms with E-state index in [2.05, 4.69) is 29.9 Å². The molecule has 0 aliphatic heterocycles. The highest BCUT2D eigenvalue weighted by Crippen LogP contribution is 2.26. The molecule has 0 bridgehead atoms. The van der Waals surface area contributed by atoms with Crippen molar-refractivity contribution in [3.05, 3.63) is 101 Å². The second-order valence-corrected chi connectivity index (χ2v) is 8.30. The van der Waals surface area contributed by atoms with Crippen LogP contribution in [0.3, 0.4) is 0 Å². The van der Waals surface area contributed by atoms with Crippen molar-refractivity contribution in [1.29, 1.82) is 0 Å². The fraction of sp³-hybridized carbons (Fsp3) is 0.185. The van der Waals surface area contributed by atoms with E-state index < -0.39 is 5.91 Å². The fourth-order valence-corrected chi connectivity index (χ4v) is 3.51. The Labute approximate surface area is 205 Å². The number of carbonyl (C=O) groups excluding carboxylic acids is 3. The van der Waals surface area contributed by atoms with E-state index >= 15 is 0 Å². The van der Waals surface area contributed by atoms with Gasteiger partial charge in [0.05, 0.1) is 18.4 Å². The third-order valence-corrected chi connectivity index (χ3v) is 5.53. The Morgan fingerprint density at radius 3 is 2.35 bits per heavy atom. The number of likely N-dealkylation sites (N-methyl/N-ethyl adjacent to an activating group) is 1. The molecule has 2 rings (SSSR count). The quantitative estimate of drug-likeness (QED) is 0.201. The molecule has 0 atom stereocenters. The maximum Gasteiger partial charge on any atom is 0.255 e. The average molecular weight is 476 g/mol. The minimum atomic E-state index is -0.427. The van der Waals surface area contributed by atoms with Gasteiger partial charge < -0.3 is 15.0 Å². The van der Waals surface area contributed by atoms with Crippen LogP contribution < -0.4 is 5.32 Å². The molecule has 0 aliphatic carbocycles. The minimum Gasteiger partial charge on any atom is -0.352 e. The summed E-state index contributed by atoms with van der Waals surface area (Å²) in [5.74, 6) is 0.0679. The predicted molar refractivity (Wildman–Crippen MR) is 140 cm³/mol.